The quantitative estimate of drug-likeness (QED) is 0.859. The Kier molecular flexibility index (Phi) is 4.02. The Morgan fingerprint density at radius 1 is 1.26 bits per heavy atom. The van der Waals surface area contributed by atoms with Gasteiger partial charge in [-0.15, -0.1) is 0 Å². The maximum atomic E-state index is 11.9. The Hall–Kier alpha value is -2.50. The fourth-order valence-corrected chi connectivity index (χ4v) is 1.54. The fourth-order valence-electron chi connectivity index (χ4n) is 1.54. The molecule has 0 bridgehead atoms. The van der Waals surface area contributed by atoms with Crippen LogP contribution >= 0.6 is 0 Å². The lowest BCUT2D eigenvalue weighted by atomic mass is 10.3. The Labute approximate surface area is 111 Å². The number of hydrogen-bond donors (Lipinski definition) is 2. The number of carbonyl (C=O) groups excluding carboxylic acids is 1. The van der Waals surface area contributed by atoms with Crippen molar-refractivity contribution in [3.8, 4) is 0 Å². The summed E-state index contributed by atoms with van der Waals surface area (Å²) < 4.78 is 0. The molecular weight excluding hydrogens is 242 g/mol. The highest BCUT2D eigenvalue weighted by atomic mass is 16.1. The van der Waals surface area contributed by atoms with E-state index in [2.05, 4.69) is 25.6 Å². The molecule has 1 amide bonds. The van der Waals surface area contributed by atoms with Gasteiger partial charge < -0.3 is 10.6 Å². The average Bonchev–Trinajstić information content (AvgIpc) is 2.45. The van der Waals surface area contributed by atoms with Gasteiger partial charge in [-0.2, -0.15) is 0 Å². The third kappa shape index (κ3) is 3.48. The van der Waals surface area contributed by atoms with Crippen LogP contribution in [0.1, 0.15) is 22.0 Å². The van der Waals surface area contributed by atoms with Crippen LogP contribution in [0.4, 0.5) is 5.69 Å². The number of anilines is 1. The van der Waals surface area contributed by atoms with E-state index in [0.717, 1.165) is 11.4 Å². The summed E-state index contributed by atoms with van der Waals surface area (Å²) in [6.07, 6.45) is 3.29. The first-order valence-corrected chi connectivity index (χ1v) is 5.89. The molecule has 0 aliphatic carbocycles. The average molecular weight is 257 g/mol. The molecule has 2 N–H and O–H groups in total. The van der Waals surface area contributed by atoms with Gasteiger partial charge in [-0.25, -0.2) is 15.0 Å². The molecule has 0 unspecified atom stereocenters. The molecule has 0 saturated carbocycles. The molecule has 2 rings (SSSR count). The van der Waals surface area contributed by atoms with Gasteiger partial charge in [-0.3, -0.25) is 4.79 Å². The van der Waals surface area contributed by atoms with Gasteiger partial charge in [0.15, 0.2) is 0 Å². The van der Waals surface area contributed by atoms with E-state index in [9.17, 15) is 4.79 Å². The summed E-state index contributed by atoms with van der Waals surface area (Å²) >= 11 is 0. The molecule has 2 aromatic heterocycles. The first kappa shape index (κ1) is 12.9. The molecule has 2 aromatic rings. The van der Waals surface area contributed by atoms with E-state index in [1.165, 1.54) is 0 Å². The number of pyridine rings is 1. The predicted molar refractivity (Wildman–Crippen MR) is 71.7 cm³/mol. The molecule has 19 heavy (non-hydrogen) atoms. The molecule has 0 fully saturated rings. The van der Waals surface area contributed by atoms with Crippen LogP contribution in [0, 0.1) is 6.92 Å². The highest BCUT2D eigenvalue weighted by Gasteiger charge is 2.07. The second-order valence-electron chi connectivity index (χ2n) is 3.96. The summed E-state index contributed by atoms with van der Waals surface area (Å²) in [5.74, 6) is 0.460. The van der Waals surface area contributed by atoms with Crippen molar-refractivity contribution in [1.29, 1.82) is 0 Å². The SMILES string of the molecule is CNc1ccc(C(=O)NCc2ccnc(C)n2)nc1. The first-order valence-electron chi connectivity index (χ1n) is 5.89. The van der Waals surface area contributed by atoms with Crippen molar-refractivity contribution >= 4 is 11.6 Å². The van der Waals surface area contributed by atoms with E-state index in [1.54, 1.807) is 37.6 Å². The second-order valence-corrected chi connectivity index (χ2v) is 3.96. The maximum Gasteiger partial charge on any atom is 0.270 e. The van der Waals surface area contributed by atoms with Crippen molar-refractivity contribution in [2.24, 2.45) is 0 Å². The topological polar surface area (TPSA) is 79.8 Å². The van der Waals surface area contributed by atoms with Gasteiger partial charge in [0.05, 0.1) is 24.1 Å². The van der Waals surface area contributed by atoms with Crippen molar-refractivity contribution in [1.82, 2.24) is 20.3 Å². The molecular formula is C13H15N5O. The zero-order chi connectivity index (χ0) is 13.7. The summed E-state index contributed by atoms with van der Waals surface area (Å²) in [5.41, 5.74) is 2.01. The fraction of sp³-hybridized carbons (Fsp3) is 0.231. The summed E-state index contributed by atoms with van der Waals surface area (Å²) in [4.78, 5) is 24.1. The molecule has 98 valence electrons. The van der Waals surface area contributed by atoms with Gasteiger partial charge in [0.25, 0.3) is 5.91 Å². The maximum absolute atomic E-state index is 11.9. The summed E-state index contributed by atoms with van der Waals surface area (Å²) in [7, 11) is 1.80. The van der Waals surface area contributed by atoms with Crippen molar-refractivity contribution in [2.45, 2.75) is 13.5 Å². The van der Waals surface area contributed by atoms with Crippen molar-refractivity contribution in [3.63, 3.8) is 0 Å². The molecule has 0 atom stereocenters. The van der Waals surface area contributed by atoms with Gasteiger partial charge in [-0.05, 0) is 25.1 Å². The number of carbonyl (C=O) groups is 1. The van der Waals surface area contributed by atoms with Gasteiger partial charge >= 0.3 is 0 Å². The van der Waals surface area contributed by atoms with E-state index in [-0.39, 0.29) is 5.91 Å². The monoisotopic (exact) mass is 257 g/mol. The molecule has 0 spiro atoms. The number of aromatic nitrogens is 3. The van der Waals surface area contributed by atoms with Crippen molar-refractivity contribution in [3.05, 3.63) is 47.8 Å². The van der Waals surface area contributed by atoms with E-state index >= 15 is 0 Å². The highest BCUT2D eigenvalue weighted by molar-refractivity contribution is 5.92. The van der Waals surface area contributed by atoms with E-state index in [4.69, 9.17) is 0 Å². The third-order valence-corrected chi connectivity index (χ3v) is 2.55. The van der Waals surface area contributed by atoms with Gasteiger partial charge in [0, 0.05) is 13.2 Å². The van der Waals surface area contributed by atoms with Crippen LogP contribution < -0.4 is 10.6 Å². The highest BCUT2D eigenvalue weighted by Crippen LogP contribution is 2.04. The van der Waals surface area contributed by atoms with Crippen LogP contribution in [0.15, 0.2) is 30.6 Å². The lowest BCUT2D eigenvalue weighted by molar-refractivity contribution is 0.0945. The van der Waals surface area contributed by atoms with Gasteiger partial charge in [0.2, 0.25) is 0 Å². The van der Waals surface area contributed by atoms with Crippen LogP contribution in [0.5, 0.6) is 0 Å². The number of rotatable bonds is 4. The molecule has 0 aliphatic heterocycles. The molecule has 0 aromatic carbocycles. The number of aryl methyl sites for hydroxylation is 1. The normalized spacial score (nSPS) is 10.0. The van der Waals surface area contributed by atoms with Gasteiger partial charge in [-0.1, -0.05) is 0 Å². The minimum atomic E-state index is -0.223. The molecule has 0 aliphatic rings. The number of nitrogens with one attached hydrogen (secondary N) is 2. The number of nitrogens with zero attached hydrogens (tertiary/aromatic N) is 3. The molecule has 6 nitrogen and oxygen atoms in total. The smallest absolute Gasteiger partial charge is 0.270 e. The number of hydrogen-bond acceptors (Lipinski definition) is 5. The minimum Gasteiger partial charge on any atom is -0.387 e. The molecule has 2 heterocycles. The van der Waals surface area contributed by atoms with Crippen LogP contribution in [0.25, 0.3) is 0 Å². The Morgan fingerprint density at radius 3 is 2.74 bits per heavy atom. The zero-order valence-corrected chi connectivity index (χ0v) is 10.8. The van der Waals surface area contributed by atoms with Crippen LogP contribution in [-0.2, 0) is 6.54 Å². The first-order chi connectivity index (χ1) is 9.19. The van der Waals surface area contributed by atoms with Gasteiger partial charge in [0.1, 0.15) is 11.5 Å². The van der Waals surface area contributed by atoms with Crippen LogP contribution in [0.3, 0.4) is 0 Å². The second kappa shape index (κ2) is 5.90. The molecule has 0 saturated heterocycles. The summed E-state index contributed by atoms with van der Waals surface area (Å²) in [6, 6.07) is 5.24. The summed E-state index contributed by atoms with van der Waals surface area (Å²) in [6.45, 7) is 2.17. The lowest BCUT2D eigenvalue weighted by Gasteiger charge is -2.05. The van der Waals surface area contributed by atoms with Crippen molar-refractivity contribution < 1.29 is 4.79 Å². The van der Waals surface area contributed by atoms with E-state index < -0.39 is 0 Å². The lowest BCUT2D eigenvalue weighted by Crippen LogP contribution is -2.24. The third-order valence-electron chi connectivity index (χ3n) is 2.55. The van der Waals surface area contributed by atoms with Crippen LogP contribution in [0.2, 0.25) is 0 Å². The largest absolute Gasteiger partial charge is 0.387 e. The standard InChI is InChI=1S/C13H15N5O/c1-9-15-6-5-11(18-9)8-17-13(19)12-4-3-10(14-2)7-16-12/h3-7,14H,8H2,1-2H3,(H,17,19). The predicted octanol–water partition coefficient (Wildman–Crippen LogP) is 1.15. The van der Waals surface area contributed by atoms with E-state index in [0.29, 0.717) is 18.1 Å². The molecule has 0 radical (unpaired) electrons. The van der Waals surface area contributed by atoms with Crippen molar-refractivity contribution in [2.75, 3.05) is 12.4 Å². The molecule has 6 heteroatoms. The Balaban J connectivity index is 1.97. The van der Waals surface area contributed by atoms with E-state index in [1.807, 2.05) is 6.92 Å². The minimum absolute atomic E-state index is 0.223. The van der Waals surface area contributed by atoms with Crippen LogP contribution in [-0.4, -0.2) is 27.9 Å². The number of amides is 1. The summed E-state index contributed by atoms with van der Waals surface area (Å²) in [5, 5.41) is 5.71. The zero-order valence-electron chi connectivity index (χ0n) is 10.8. The Bertz CT molecular complexity index is 568. The Morgan fingerprint density at radius 2 is 2.11 bits per heavy atom.